The van der Waals surface area contributed by atoms with Crippen LogP contribution in [-0.4, -0.2) is 30.9 Å². The topological polar surface area (TPSA) is 76.7 Å². The molecular weight excluding hydrogens is 352 g/mol. The van der Waals surface area contributed by atoms with Crippen LogP contribution in [-0.2, 0) is 6.42 Å². The minimum atomic E-state index is -0.577. The summed E-state index contributed by atoms with van der Waals surface area (Å²) in [6.07, 6.45) is 0.308. The van der Waals surface area contributed by atoms with E-state index in [0.717, 1.165) is 30.2 Å². The SMILES string of the molecule is Nc1ccc(CCNC[C@H](O)COc2ccc(Oc3ccccc3)cc2)cc1. The Morgan fingerprint density at radius 1 is 0.821 bits per heavy atom. The number of nitrogens with one attached hydrogen (secondary N) is 1. The minimum absolute atomic E-state index is 0.230. The molecule has 0 aromatic heterocycles. The van der Waals surface area contributed by atoms with Crippen molar-refractivity contribution < 1.29 is 14.6 Å². The van der Waals surface area contributed by atoms with Crippen LogP contribution in [0.15, 0.2) is 78.9 Å². The Morgan fingerprint density at radius 3 is 2.18 bits per heavy atom. The third-order valence-corrected chi connectivity index (χ3v) is 4.20. The largest absolute Gasteiger partial charge is 0.491 e. The lowest BCUT2D eigenvalue weighted by atomic mass is 10.1. The molecule has 0 aliphatic rings. The summed E-state index contributed by atoms with van der Waals surface area (Å²) in [4.78, 5) is 0. The summed E-state index contributed by atoms with van der Waals surface area (Å²) in [5.41, 5.74) is 7.66. The number of nitrogens with two attached hydrogens (primary N) is 1. The standard InChI is InChI=1S/C23H26N2O3/c24-19-8-6-18(7-9-19)14-15-25-16-20(26)17-27-21-10-12-23(13-11-21)28-22-4-2-1-3-5-22/h1-13,20,25-26H,14-17,24H2/t20-/m0/s1. The third kappa shape index (κ3) is 6.61. The van der Waals surface area contributed by atoms with Crippen LogP contribution in [0.1, 0.15) is 5.56 Å². The van der Waals surface area contributed by atoms with Crippen molar-refractivity contribution in [1.29, 1.82) is 0 Å². The number of hydrogen-bond acceptors (Lipinski definition) is 5. The van der Waals surface area contributed by atoms with E-state index in [1.54, 1.807) is 0 Å². The molecule has 0 bridgehead atoms. The second kappa shape index (κ2) is 10.3. The highest BCUT2D eigenvalue weighted by Crippen LogP contribution is 2.23. The molecule has 28 heavy (non-hydrogen) atoms. The van der Waals surface area contributed by atoms with Gasteiger partial charge in [-0.1, -0.05) is 30.3 Å². The molecule has 0 unspecified atom stereocenters. The van der Waals surface area contributed by atoms with Gasteiger partial charge in [-0.3, -0.25) is 0 Å². The maximum atomic E-state index is 10.1. The van der Waals surface area contributed by atoms with Gasteiger partial charge in [-0.05, 0) is 67.1 Å². The Labute approximate surface area is 165 Å². The van der Waals surface area contributed by atoms with Gasteiger partial charge in [-0.25, -0.2) is 0 Å². The van der Waals surface area contributed by atoms with Crippen LogP contribution >= 0.6 is 0 Å². The lowest BCUT2D eigenvalue weighted by Crippen LogP contribution is -2.32. The van der Waals surface area contributed by atoms with Crippen LogP contribution in [0.25, 0.3) is 0 Å². The smallest absolute Gasteiger partial charge is 0.127 e. The summed E-state index contributed by atoms with van der Waals surface area (Å²) >= 11 is 0. The molecule has 0 aliphatic heterocycles. The quantitative estimate of drug-likeness (QED) is 0.371. The monoisotopic (exact) mass is 378 g/mol. The van der Waals surface area contributed by atoms with Crippen molar-refractivity contribution in [2.45, 2.75) is 12.5 Å². The molecule has 146 valence electrons. The molecular formula is C23H26N2O3. The molecule has 3 aromatic carbocycles. The van der Waals surface area contributed by atoms with Crippen LogP contribution in [0.2, 0.25) is 0 Å². The molecule has 0 spiro atoms. The molecule has 0 heterocycles. The van der Waals surface area contributed by atoms with E-state index in [1.165, 1.54) is 5.56 Å². The predicted octanol–water partition coefficient (Wildman–Crippen LogP) is 3.63. The fraction of sp³-hybridized carbons (Fsp3) is 0.217. The molecule has 4 N–H and O–H groups in total. The van der Waals surface area contributed by atoms with E-state index in [2.05, 4.69) is 5.32 Å². The first-order valence-corrected chi connectivity index (χ1v) is 9.38. The number of rotatable bonds is 10. The van der Waals surface area contributed by atoms with E-state index in [9.17, 15) is 5.11 Å². The van der Waals surface area contributed by atoms with Crippen molar-refractivity contribution >= 4 is 5.69 Å². The molecule has 0 radical (unpaired) electrons. The van der Waals surface area contributed by atoms with Crippen molar-refractivity contribution in [2.75, 3.05) is 25.4 Å². The van der Waals surface area contributed by atoms with Crippen molar-refractivity contribution in [3.8, 4) is 17.2 Å². The van der Waals surface area contributed by atoms with Crippen LogP contribution in [0, 0.1) is 0 Å². The van der Waals surface area contributed by atoms with Gasteiger partial charge in [0.05, 0.1) is 0 Å². The lowest BCUT2D eigenvalue weighted by molar-refractivity contribution is 0.106. The normalized spacial score (nSPS) is 11.8. The molecule has 0 amide bonds. The van der Waals surface area contributed by atoms with Gasteiger partial charge in [0.1, 0.15) is 30.0 Å². The molecule has 0 saturated carbocycles. The summed E-state index contributed by atoms with van der Waals surface area (Å²) < 4.78 is 11.4. The molecule has 3 aromatic rings. The molecule has 3 rings (SSSR count). The van der Waals surface area contributed by atoms with Gasteiger partial charge in [-0.15, -0.1) is 0 Å². The average molecular weight is 378 g/mol. The fourth-order valence-electron chi connectivity index (χ4n) is 2.67. The van der Waals surface area contributed by atoms with E-state index in [0.29, 0.717) is 12.3 Å². The zero-order valence-corrected chi connectivity index (χ0v) is 15.8. The molecule has 5 nitrogen and oxygen atoms in total. The lowest BCUT2D eigenvalue weighted by Gasteiger charge is -2.14. The van der Waals surface area contributed by atoms with Crippen LogP contribution in [0.4, 0.5) is 5.69 Å². The molecule has 0 saturated heterocycles. The van der Waals surface area contributed by atoms with Crippen LogP contribution in [0.3, 0.4) is 0 Å². The summed E-state index contributed by atoms with van der Waals surface area (Å²) in [5, 5.41) is 13.3. The number of aliphatic hydroxyl groups is 1. The number of hydrogen-bond donors (Lipinski definition) is 3. The van der Waals surface area contributed by atoms with Gasteiger partial charge in [0, 0.05) is 12.2 Å². The highest BCUT2D eigenvalue weighted by molar-refractivity contribution is 5.39. The number of aliphatic hydroxyl groups excluding tert-OH is 1. The Bertz CT molecular complexity index is 821. The maximum Gasteiger partial charge on any atom is 0.127 e. The molecule has 5 heteroatoms. The van der Waals surface area contributed by atoms with Gasteiger partial charge in [0.25, 0.3) is 0 Å². The van der Waals surface area contributed by atoms with Gasteiger partial charge in [0.2, 0.25) is 0 Å². The van der Waals surface area contributed by atoms with E-state index >= 15 is 0 Å². The summed E-state index contributed by atoms with van der Waals surface area (Å²) in [6.45, 7) is 1.49. The first-order valence-electron chi connectivity index (χ1n) is 9.38. The van der Waals surface area contributed by atoms with Crippen molar-refractivity contribution in [1.82, 2.24) is 5.32 Å². The Morgan fingerprint density at radius 2 is 1.46 bits per heavy atom. The van der Waals surface area contributed by atoms with Crippen LogP contribution in [0.5, 0.6) is 17.2 Å². The summed E-state index contributed by atoms with van der Waals surface area (Å²) in [7, 11) is 0. The number of nitrogen functional groups attached to an aromatic ring is 1. The first kappa shape index (κ1) is 19.7. The zero-order chi connectivity index (χ0) is 19.6. The van der Waals surface area contributed by atoms with Crippen LogP contribution < -0.4 is 20.5 Å². The number of ether oxygens (including phenoxy) is 2. The van der Waals surface area contributed by atoms with Gasteiger partial charge in [0.15, 0.2) is 0 Å². The van der Waals surface area contributed by atoms with E-state index < -0.39 is 6.10 Å². The van der Waals surface area contributed by atoms with E-state index in [4.69, 9.17) is 15.2 Å². The van der Waals surface area contributed by atoms with Crippen molar-refractivity contribution in [3.63, 3.8) is 0 Å². The van der Waals surface area contributed by atoms with Gasteiger partial charge < -0.3 is 25.6 Å². The molecule has 1 atom stereocenters. The predicted molar refractivity (Wildman–Crippen MR) is 112 cm³/mol. The number of benzene rings is 3. The second-order valence-electron chi connectivity index (χ2n) is 6.55. The zero-order valence-electron chi connectivity index (χ0n) is 15.8. The van der Waals surface area contributed by atoms with Gasteiger partial charge in [-0.2, -0.15) is 0 Å². The molecule has 0 fully saturated rings. The third-order valence-electron chi connectivity index (χ3n) is 4.20. The highest BCUT2D eigenvalue weighted by Gasteiger charge is 2.05. The Kier molecular flexibility index (Phi) is 7.29. The molecule has 0 aliphatic carbocycles. The Hall–Kier alpha value is -3.02. The summed E-state index contributed by atoms with van der Waals surface area (Å²) in [5.74, 6) is 2.22. The summed E-state index contributed by atoms with van der Waals surface area (Å²) in [6, 6.07) is 24.8. The van der Waals surface area contributed by atoms with Crippen molar-refractivity contribution in [3.05, 3.63) is 84.4 Å². The highest BCUT2D eigenvalue weighted by atomic mass is 16.5. The minimum Gasteiger partial charge on any atom is -0.491 e. The number of anilines is 1. The fourth-order valence-corrected chi connectivity index (χ4v) is 2.67. The number of para-hydroxylation sites is 1. The average Bonchev–Trinajstić information content (AvgIpc) is 2.73. The van der Waals surface area contributed by atoms with Crippen molar-refractivity contribution in [2.24, 2.45) is 0 Å². The first-order chi connectivity index (χ1) is 13.7. The Balaban J connectivity index is 1.33. The maximum absolute atomic E-state index is 10.1. The van der Waals surface area contributed by atoms with Gasteiger partial charge >= 0.3 is 0 Å². The van der Waals surface area contributed by atoms with E-state index in [1.807, 2.05) is 78.9 Å². The van der Waals surface area contributed by atoms with E-state index in [-0.39, 0.29) is 6.61 Å². The second-order valence-corrected chi connectivity index (χ2v) is 6.55.